The number of aromatic nitrogens is 4. The molecular weight excluding hydrogens is 468 g/mol. The Bertz CT molecular complexity index is 1550. The number of carbonyl (C=O) groups is 1. The van der Waals surface area contributed by atoms with Gasteiger partial charge in [-0.05, 0) is 51.5 Å². The molecule has 1 aliphatic heterocycles. The molecular formula is C26H27F2N5O3. The lowest BCUT2D eigenvalue weighted by Crippen LogP contribution is -2.46. The van der Waals surface area contributed by atoms with E-state index in [-0.39, 0.29) is 42.8 Å². The minimum Gasteiger partial charge on any atom is -0.444 e. The third-order valence-corrected chi connectivity index (χ3v) is 6.30. The number of piperidine rings is 1. The molecule has 0 saturated carbocycles. The van der Waals surface area contributed by atoms with E-state index in [0.717, 1.165) is 0 Å². The Morgan fingerprint density at radius 3 is 2.53 bits per heavy atom. The van der Waals surface area contributed by atoms with Crippen LogP contribution in [0.1, 0.15) is 45.1 Å². The maximum atomic E-state index is 15.9. The van der Waals surface area contributed by atoms with E-state index in [4.69, 9.17) is 4.74 Å². The summed E-state index contributed by atoms with van der Waals surface area (Å²) in [6.07, 6.45) is 2.95. The normalized spacial score (nSPS) is 16.0. The van der Waals surface area contributed by atoms with Crippen molar-refractivity contribution >= 4 is 22.6 Å². The zero-order valence-electron chi connectivity index (χ0n) is 20.6. The van der Waals surface area contributed by atoms with Crippen LogP contribution in [0.2, 0.25) is 0 Å². The number of halogens is 2. The fourth-order valence-corrected chi connectivity index (χ4v) is 4.47. The van der Waals surface area contributed by atoms with Crippen molar-refractivity contribution in [1.82, 2.24) is 24.3 Å². The van der Waals surface area contributed by atoms with Gasteiger partial charge in [-0.2, -0.15) is 0 Å². The van der Waals surface area contributed by atoms with Crippen LogP contribution >= 0.6 is 0 Å². The predicted molar refractivity (Wildman–Crippen MR) is 131 cm³/mol. The number of amides is 1. The highest BCUT2D eigenvalue weighted by Crippen LogP contribution is 2.36. The molecule has 4 heterocycles. The number of hydrogen-bond acceptors (Lipinski definition) is 5. The van der Waals surface area contributed by atoms with Crippen LogP contribution in [-0.4, -0.2) is 49.0 Å². The quantitative estimate of drug-likeness (QED) is 0.428. The van der Waals surface area contributed by atoms with Crippen molar-refractivity contribution in [1.29, 1.82) is 0 Å². The van der Waals surface area contributed by atoms with Crippen LogP contribution < -0.4 is 5.56 Å². The lowest BCUT2D eigenvalue weighted by atomic mass is 9.92. The molecule has 1 aromatic carbocycles. The molecule has 8 nitrogen and oxygen atoms in total. The monoisotopic (exact) mass is 495 g/mol. The molecule has 1 fully saturated rings. The summed E-state index contributed by atoms with van der Waals surface area (Å²) in [5, 5.41) is 0.272. The average Bonchev–Trinajstić information content (AvgIpc) is 3.19. The molecule has 36 heavy (non-hydrogen) atoms. The largest absolute Gasteiger partial charge is 0.444 e. The van der Waals surface area contributed by atoms with Gasteiger partial charge in [-0.3, -0.25) is 4.79 Å². The third kappa shape index (κ3) is 4.43. The first kappa shape index (κ1) is 23.9. The number of H-pyrrole nitrogens is 1. The van der Waals surface area contributed by atoms with E-state index in [1.54, 1.807) is 62.7 Å². The summed E-state index contributed by atoms with van der Waals surface area (Å²) in [5.41, 5.74) is -0.553. The highest BCUT2D eigenvalue weighted by molar-refractivity contribution is 5.84. The molecule has 188 valence electrons. The van der Waals surface area contributed by atoms with Crippen LogP contribution in [0.5, 0.6) is 0 Å². The molecule has 0 spiro atoms. The molecule has 0 atom stereocenters. The number of imidazole rings is 1. The second-order valence-corrected chi connectivity index (χ2v) is 10.3. The van der Waals surface area contributed by atoms with Crippen molar-refractivity contribution in [2.24, 2.45) is 0 Å². The number of fused-ring (bicyclic) bond motifs is 2. The number of carbonyl (C=O) groups excluding carboxylic acids is 1. The van der Waals surface area contributed by atoms with Crippen LogP contribution in [0.25, 0.3) is 27.7 Å². The molecule has 10 heteroatoms. The van der Waals surface area contributed by atoms with E-state index in [1.807, 2.05) is 0 Å². The Labute approximate surface area is 205 Å². The van der Waals surface area contributed by atoms with Gasteiger partial charge in [0.05, 0.1) is 16.6 Å². The summed E-state index contributed by atoms with van der Waals surface area (Å²) in [7, 11) is 0. The first-order valence-corrected chi connectivity index (χ1v) is 11.8. The maximum Gasteiger partial charge on any atom is 0.410 e. The number of rotatable bonds is 2. The van der Waals surface area contributed by atoms with Gasteiger partial charge in [-0.1, -0.05) is 6.07 Å². The van der Waals surface area contributed by atoms with E-state index in [2.05, 4.69) is 15.0 Å². The Kier molecular flexibility index (Phi) is 5.57. The van der Waals surface area contributed by atoms with Crippen LogP contribution in [0, 0.1) is 12.7 Å². The summed E-state index contributed by atoms with van der Waals surface area (Å²) in [6.45, 7) is 7.40. The average molecular weight is 496 g/mol. The Hall–Kier alpha value is -3.82. The van der Waals surface area contributed by atoms with Gasteiger partial charge in [-0.15, -0.1) is 0 Å². The highest BCUT2D eigenvalue weighted by atomic mass is 19.1. The minimum absolute atomic E-state index is 0.0115. The molecule has 4 aromatic rings. The zero-order valence-corrected chi connectivity index (χ0v) is 20.6. The maximum absolute atomic E-state index is 15.9. The third-order valence-electron chi connectivity index (χ3n) is 6.30. The second kappa shape index (κ2) is 8.39. The molecule has 1 amide bonds. The number of nitrogens with one attached hydrogen (secondary N) is 1. The molecule has 5 rings (SSSR count). The fourth-order valence-electron chi connectivity index (χ4n) is 4.47. The number of alkyl halides is 1. The van der Waals surface area contributed by atoms with Crippen molar-refractivity contribution in [2.45, 2.75) is 51.8 Å². The molecule has 1 saturated heterocycles. The van der Waals surface area contributed by atoms with E-state index >= 15 is 4.39 Å². The number of likely N-dealkylation sites (tertiary alicyclic amines) is 1. The van der Waals surface area contributed by atoms with E-state index in [0.29, 0.717) is 22.3 Å². The van der Waals surface area contributed by atoms with Crippen molar-refractivity contribution in [3.63, 3.8) is 0 Å². The number of hydrogen-bond donors (Lipinski definition) is 1. The van der Waals surface area contributed by atoms with Gasteiger partial charge in [0.2, 0.25) is 0 Å². The smallest absolute Gasteiger partial charge is 0.410 e. The highest BCUT2D eigenvalue weighted by Gasteiger charge is 2.41. The molecule has 1 N–H and O–H groups in total. The van der Waals surface area contributed by atoms with E-state index < -0.39 is 28.7 Å². The lowest BCUT2D eigenvalue weighted by Gasteiger charge is -2.36. The summed E-state index contributed by atoms with van der Waals surface area (Å²) in [6, 6.07) is 6.34. The number of benzene rings is 1. The first-order chi connectivity index (χ1) is 16.9. The van der Waals surface area contributed by atoms with Crippen molar-refractivity contribution in [3.05, 3.63) is 64.3 Å². The number of aromatic amines is 1. The Morgan fingerprint density at radius 1 is 1.11 bits per heavy atom. The summed E-state index contributed by atoms with van der Waals surface area (Å²) in [4.78, 5) is 37.9. The van der Waals surface area contributed by atoms with Crippen molar-refractivity contribution < 1.29 is 18.3 Å². The van der Waals surface area contributed by atoms with Crippen molar-refractivity contribution in [3.8, 4) is 11.1 Å². The van der Waals surface area contributed by atoms with Crippen LogP contribution in [0.15, 0.2) is 41.5 Å². The molecule has 0 unspecified atom stereocenters. The molecule has 0 bridgehead atoms. The second-order valence-electron chi connectivity index (χ2n) is 10.3. The van der Waals surface area contributed by atoms with Gasteiger partial charge in [0, 0.05) is 43.9 Å². The van der Waals surface area contributed by atoms with Gasteiger partial charge in [0.25, 0.3) is 5.56 Å². The molecule has 1 aliphatic rings. The summed E-state index contributed by atoms with van der Waals surface area (Å²) < 4.78 is 37.4. The van der Waals surface area contributed by atoms with Gasteiger partial charge in [-0.25, -0.2) is 23.5 Å². The van der Waals surface area contributed by atoms with Crippen molar-refractivity contribution in [2.75, 3.05) is 13.1 Å². The van der Waals surface area contributed by atoms with Crippen LogP contribution in [0.4, 0.5) is 13.6 Å². The summed E-state index contributed by atoms with van der Waals surface area (Å²) in [5.74, 6) is -0.530. The predicted octanol–water partition coefficient (Wildman–Crippen LogP) is 4.88. The Balaban J connectivity index is 1.42. The SMILES string of the molecule is Cc1cn2cc(-c3ccc4nc(C5(F)CCN(C(=O)OC(C)(C)C)CC5)[nH]c(=O)c4c3)cc(F)c2n1. The molecule has 0 aliphatic carbocycles. The van der Waals surface area contributed by atoms with E-state index in [1.165, 1.54) is 11.0 Å². The first-order valence-electron chi connectivity index (χ1n) is 11.8. The van der Waals surface area contributed by atoms with Gasteiger partial charge in [0.15, 0.2) is 17.1 Å². The standard InChI is InChI=1S/C26H27F2N5O3/c1-15-13-33-14-17(12-19(27)21(33)29-15)16-5-6-20-18(11-16)22(34)31-23(30-20)26(28)7-9-32(10-8-26)24(35)36-25(2,3)4/h5-6,11-14H,7-10H2,1-4H3,(H,30,31,34). The van der Waals surface area contributed by atoms with Gasteiger partial charge in [0.1, 0.15) is 11.4 Å². The molecule has 0 radical (unpaired) electrons. The summed E-state index contributed by atoms with van der Waals surface area (Å²) >= 11 is 0. The topological polar surface area (TPSA) is 92.6 Å². The van der Waals surface area contributed by atoms with Gasteiger partial charge < -0.3 is 19.0 Å². The van der Waals surface area contributed by atoms with E-state index in [9.17, 15) is 14.0 Å². The zero-order chi connectivity index (χ0) is 25.8. The lowest BCUT2D eigenvalue weighted by molar-refractivity contribution is 0.000199. The molecule has 3 aromatic heterocycles. The van der Waals surface area contributed by atoms with Crippen LogP contribution in [0.3, 0.4) is 0 Å². The van der Waals surface area contributed by atoms with Gasteiger partial charge >= 0.3 is 6.09 Å². The number of aryl methyl sites for hydroxylation is 1. The Morgan fingerprint density at radius 2 is 1.83 bits per heavy atom. The van der Waals surface area contributed by atoms with Crippen LogP contribution in [-0.2, 0) is 10.4 Å². The minimum atomic E-state index is -1.88. The fraction of sp³-hybridized carbons (Fsp3) is 0.385. The number of nitrogens with zero attached hydrogens (tertiary/aromatic N) is 4. The number of pyridine rings is 1. The number of ether oxygens (including phenoxy) is 1.